The maximum Gasteiger partial charge on any atom is 0.188 e. The Kier molecular flexibility index (Phi) is 4.42. The van der Waals surface area contributed by atoms with E-state index in [1.807, 2.05) is 24.3 Å². The molecule has 0 amide bonds. The molecule has 0 spiro atoms. The van der Waals surface area contributed by atoms with Gasteiger partial charge in [-0.05, 0) is 54.8 Å². The van der Waals surface area contributed by atoms with E-state index in [2.05, 4.69) is 32.0 Å². The lowest BCUT2D eigenvalue weighted by Gasteiger charge is -2.18. The lowest BCUT2D eigenvalue weighted by atomic mass is 9.88. The van der Waals surface area contributed by atoms with Gasteiger partial charge < -0.3 is 13.9 Å². The summed E-state index contributed by atoms with van der Waals surface area (Å²) in [5.41, 5.74) is 6.09. The highest BCUT2D eigenvalue weighted by atomic mass is 16.7. The molecule has 4 rings (SSSR count). The maximum atomic E-state index is 11.9. The summed E-state index contributed by atoms with van der Waals surface area (Å²) in [6, 6.07) is 16.9. The lowest BCUT2D eigenvalue weighted by Crippen LogP contribution is -2.02. The summed E-state index contributed by atoms with van der Waals surface area (Å²) < 4.78 is 16.6. The molecular formula is C23H20O4. The second-order valence-corrected chi connectivity index (χ2v) is 6.61. The van der Waals surface area contributed by atoms with E-state index >= 15 is 0 Å². The molecule has 1 aliphatic heterocycles. The van der Waals surface area contributed by atoms with Gasteiger partial charge in [0.2, 0.25) is 0 Å². The Balaban J connectivity index is 2.09. The van der Waals surface area contributed by atoms with Crippen LogP contribution in [0.25, 0.3) is 33.4 Å². The van der Waals surface area contributed by atoms with Gasteiger partial charge >= 0.3 is 0 Å². The smallest absolute Gasteiger partial charge is 0.188 e. The Labute approximate surface area is 157 Å². The van der Waals surface area contributed by atoms with E-state index < -0.39 is 0 Å². The van der Waals surface area contributed by atoms with Crippen LogP contribution in [0.15, 0.2) is 63.8 Å². The summed E-state index contributed by atoms with van der Waals surface area (Å²) >= 11 is 0. The Morgan fingerprint density at radius 1 is 0.926 bits per heavy atom. The van der Waals surface area contributed by atoms with Crippen LogP contribution < -0.4 is 10.2 Å². The molecule has 0 N–H and O–H groups in total. The molecule has 0 saturated heterocycles. The van der Waals surface area contributed by atoms with E-state index in [1.165, 1.54) is 17.2 Å². The molecule has 0 radical (unpaired) electrons. The maximum absolute atomic E-state index is 11.9. The third-order valence-corrected chi connectivity index (χ3v) is 4.74. The summed E-state index contributed by atoms with van der Waals surface area (Å²) in [5, 5.41) is 0.975. The summed E-state index contributed by atoms with van der Waals surface area (Å²) in [6.45, 7) is 4.36. The van der Waals surface area contributed by atoms with Crippen LogP contribution in [0.1, 0.15) is 11.1 Å². The minimum Gasteiger partial charge on any atom is -0.467 e. The zero-order valence-electron chi connectivity index (χ0n) is 15.5. The number of ether oxygens (including phenoxy) is 2. The van der Waals surface area contributed by atoms with E-state index in [0.717, 1.165) is 22.1 Å². The number of benzene rings is 3. The number of methoxy groups -OCH3 is 1. The summed E-state index contributed by atoms with van der Waals surface area (Å²) in [7, 11) is 1.58. The largest absolute Gasteiger partial charge is 0.467 e. The van der Waals surface area contributed by atoms with Crippen molar-refractivity contribution in [1.29, 1.82) is 0 Å². The molecule has 4 nitrogen and oxygen atoms in total. The number of hydrogen-bond acceptors (Lipinski definition) is 4. The predicted octanol–water partition coefficient (Wildman–Crippen LogP) is 5.16. The van der Waals surface area contributed by atoms with Crippen LogP contribution in [0.5, 0.6) is 5.75 Å². The van der Waals surface area contributed by atoms with Gasteiger partial charge in [0, 0.05) is 35.8 Å². The van der Waals surface area contributed by atoms with Crippen LogP contribution in [0.4, 0.5) is 0 Å². The molecule has 27 heavy (non-hydrogen) atoms. The molecule has 0 atom stereocenters. The van der Waals surface area contributed by atoms with Crippen LogP contribution in [-0.2, 0) is 4.74 Å². The van der Waals surface area contributed by atoms with Crippen LogP contribution in [-0.4, -0.2) is 13.9 Å². The quantitative estimate of drug-likeness (QED) is 0.372. The van der Waals surface area contributed by atoms with Gasteiger partial charge in [0.25, 0.3) is 0 Å². The van der Waals surface area contributed by atoms with E-state index in [4.69, 9.17) is 13.9 Å². The molecule has 0 unspecified atom stereocenters. The Bertz CT molecular complexity index is 1140. The van der Waals surface area contributed by atoms with Gasteiger partial charge in [-0.25, -0.2) is 0 Å². The molecule has 2 aromatic carbocycles. The molecule has 4 heteroatoms. The van der Waals surface area contributed by atoms with Crippen molar-refractivity contribution in [2.45, 2.75) is 13.8 Å². The first-order valence-electron chi connectivity index (χ1n) is 8.77. The van der Waals surface area contributed by atoms with Gasteiger partial charge in [0.05, 0.1) is 0 Å². The molecule has 2 aromatic rings. The lowest BCUT2D eigenvalue weighted by molar-refractivity contribution is 0.0512. The first kappa shape index (κ1) is 17.3. The molecule has 1 heterocycles. The third-order valence-electron chi connectivity index (χ3n) is 4.74. The minimum atomic E-state index is -0.0788. The fourth-order valence-corrected chi connectivity index (χ4v) is 3.55. The molecular weight excluding hydrogens is 340 g/mol. The van der Waals surface area contributed by atoms with Crippen molar-refractivity contribution in [3.63, 3.8) is 0 Å². The van der Waals surface area contributed by atoms with Crippen molar-refractivity contribution in [3.05, 3.63) is 75.9 Å². The molecule has 0 saturated carbocycles. The van der Waals surface area contributed by atoms with Crippen LogP contribution in [0.2, 0.25) is 0 Å². The van der Waals surface area contributed by atoms with Gasteiger partial charge in [0.1, 0.15) is 17.1 Å². The summed E-state index contributed by atoms with van der Waals surface area (Å²) in [4.78, 5) is 11.9. The first-order chi connectivity index (χ1) is 13.1. The van der Waals surface area contributed by atoms with Gasteiger partial charge in [0.15, 0.2) is 12.2 Å². The number of hydrogen-bond donors (Lipinski definition) is 0. The fraction of sp³-hybridized carbons (Fsp3) is 0.174. The highest BCUT2D eigenvalue weighted by Crippen LogP contribution is 2.42. The first-order valence-corrected chi connectivity index (χ1v) is 8.77. The van der Waals surface area contributed by atoms with E-state index in [-0.39, 0.29) is 12.2 Å². The predicted molar refractivity (Wildman–Crippen MR) is 107 cm³/mol. The van der Waals surface area contributed by atoms with Crippen molar-refractivity contribution in [2.24, 2.45) is 0 Å². The van der Waals surface area contributed by atoms with Gasteiger partial charge in [-0.15, -0.1) is 0 Å². The number of fused-ring (bicyclic) bond motifs is 2. The third kappa shape index (κ3) is 3.09. The van der Waals surface area contributed by atoms with Gasteiger partial charge in [-0.3, -0.25) is 4.79 Å². The monoisotopic (exact) mass is 360 g/mol. The molecule has 0 aromatic heterocycles. The van der Waals surface area contributed by atoms with Crippen molar-refractivity contribution in [2.75, 3.05) is 13.9 Å². The second-order valence-electron chi connectivity index (χ2n) is 6.61. The molecule has 2 aliphatic rings. The topological polar surface area (TPSA) is 48.7 Å². The number of aryl methyl sites for hydroxylation is 2. The van der Waals surface area contributed by atoms with Crippen molar-refractivity contribution < 1.29 is 13.9 Å². The summed E-state index contributed by atoms with van der Waals surface area (Å²) in [5.74, 6) is 1.22. The van der Waals surface area contributed by atoms with Crippen LogP contribution >= 0.6 is 0 Å². The molecule has 136 valence electrons. The Morgan fingerprint density at radius 3 is 2.44 bits per heavy atom. The van der Waals surface area contributed by atoms with Crippen LogP contribution in [0, 0.1) is 13.8 Å². The van der Waals surface area contributed by atoms with Crippen molar-refractivity contribution in [3.8, 4) is 28.2 Å². The molecule has 0 bridgehead atoms. The van der Waals surface area contributed by atoms with Crippen LogP contribution in [0.3, 0.4) is 0 Å². The highest BCUT2D eigenvalue weighted by molar-refractivity contribution is 6.03. The molecule has 1 aliphatic carbocycles. The Morgan fingerprint density at radius 2 is 1.70 bits per heavy atom. The minimum absolute atomic E-state index is 0.0788. The zero-order valence-corrected chi connectivity index (χ0v) is 15.5. The average Bonchev–Trinajstić information content (AvgIpc) is 2.65. The van der Waals surface area contributed by atoms with Gasteiger partial charge in [-0.1, -0.05) is 18.2 Å². The van der Waals surface area contributed by atoms with E-state index in [0.29, 0.717) is 17.1 Å². The van der Waals surface area contributed by atoms with E-state index in [1.54, 1.807) is 13.2 Å². The standard InChI is InChI=1S/C23H20O4/c1-14-5-4-6-15(2)22(14)23-18-9-7-16(24)11-20(18)27-21-12-17(26-13-25-3)8-10-19(21)23/h4-12H,13H2,1-3H3. The van der Waals surface area contributed by atoms with Crippen molar-refractivity contribution in [1.82, 2.24) is 0 Å². The molecule has 0 fully saturated rings. The van der Waals surface area contributed by atoms with E-state index in [9.17, 15) is 4.79 Å². The number of rotatable bonds is 4. The summed E-state index contributed by atoms with van der Waals surface area (Å²) in [6.07, 6.45) is 0. The normalized spacial score (nSPS) is 11.2. The van der Waals surface area contributed by atoms with Gasteiger partial charge in [-0.2, -0.15) is 0 Å². The van der Waals surface area contributed by atoms with Crippen molar-refractivity contribution >= 4 is 11.0 Å². The SMILES string of the molecule is COCOc1ccc2c(-c3c(C)cccc3C)c3ccc(=O)cc-3oc2c1. The Hall–Kier alpha value is -3.11. The average molecular weight is 360 g/mol. The fourth-order valence-electron chi connectivity index (χ4n) is 3.55. The highest BCUT2D eigenvalue weighted by Gasteiger charge is 2.20. The zero-order chi connectivity index (χ0) is 19.0. The second kappa shape index (κ2) is 6.89.